The lowest BCUT2D eigenvalue weighted by molar-refractivity contribution is 0.423. The molecule has 3 aliphatic heterocycles. The first-order valence-corrected chi connectivity index (χ1v) is 4.10. The summed E-state index contributed by atoms with van der Waals surface area (Å²) in [6.07, 6.45) is 1.17. The highest BCUT2D eigenvalue weighted by Crippen LogP contribution is 2.04. The van der Waals surface area contributed by atoms with Crippen LogP contribution in [-0.4, -0.2) is 38.6 Å². The summed E-state index contributed by atoms with van der Waals surface area (Å²) in [6.45, 7) is 8.08. The number of epoxide rings is 3. The molecule has 0 aromatic heterocycles. The molecule has 0 amide bonds. The average Bonchev–Trinajstić information content (AvgIpc) is 2.78. The van der Waals surface area contributed by atoms with Gasteiger partial charge >= 0.3 is 0 Å². The van der Waals surface area contributed by atoms with Gasteiger partial charge in [-0.25, -0.2) is 0 Å². The molecular formula is C8H16O3. The van der Waals surface area contributed by atoms with E-state index in [0.29, 0.717) is 12.2 Å². The van der Waals surface area contributed by atoms with Crippen LogP contribution in [0.2, 0.25) is 0 Å². The Balaban J connectivity index is 0.0000000835. The van der Waals surface area contributed by atoms with E-state index in [1.165, 1.54) is 0 Å². The first-order chi connectivity index (χ1) is 5.29. The van der Waals surface area contributed by atoms with E-state index in [2.05, 4.69) is 18.6 Å². The van der Waals surface area contributed by atoms with Gasteiger partial charge in [-0.15, -0.1) is 0 Å². The highest BCUT2D eigenvalue weighted by molar-refractivity contribution is 4.58. The van der Waals surface area contributed by atoms with Crippen LogP contribution < -0.4 is 0 Å². The van der Waals surface area contributed by atoms with E-state index in [4.69, 9.17) is 9.47 Å². The predicted octanol–water partition coefficient (Wildman–Crippen LogP) is 0.827. The van der Waals surface area contributed by atoms with Crippen LogP contribution in [0, 0.1) is 0 Å². The van der Waals surface area contributed by atoms with E-state index in [9.17, 15) is 0 Å². The van der Waals surface area contributed by atoms with Crippen LogP contribution in [0.3, 0.4) is 0 Å². The monoisotopic (exact) mass is 160 g/mol. The molecule has 3 aliphatic rings. The summed E-state index contributed by atoms with van der Waals surface area (Å²) in [7, 11) is 0. The van der Waals surface area contributed by atoms with Gasteiger partial charge in [0.1, 0.15) is 0 Å². The molecule has 3 heterocycles. The maximum atomic E-state index is 4.71. The maximum Gasteiger partial charge on any atom is 0.0781 e. The Hall–Kier alpha value is -0.120. The second-order valence-corrected chi connectivity index (χ2v) is 2.90. The first-order valence-electron chi connectivity index (χ1n) is 4.10. The zero-order valence-corrected chi connectivity index (χ0v) is 7.21. The maximum absolute atomic E-state index is 4.71. The Morgan fingerprint density at radius 2 is 1.09 bits per heavy atom. The molecule has 2 unspecified atom stereocenters. The molecule has 0 saturated carbocycles. The van der Waals surface area contributed by atoms with Gasteiger partial charge < -0.3 is 14.2 Å². The topological polar surface area (TPSA) is 37.6 Å². The van der Waals surface area contributed by atoms with Gasteiger partial charge in [-0.05, 0) is 13.8 Å². The average molecular weight is 160 g/mol. The van der Waals surface area contributed by atoms with Gasteiger partial charge in [-0.1, -0.05) is 0 Å². The van der Waals surface area contributed by atoms with E-state index < -0.39 is 0 Å². The largest absolute Gasteiger partial charge is 0.377 e. The van der Waals surface area contributed by atoms with Crippen molar-refractivity contribution in [3.8, 4) is 0 Å². The Morgan fingerprint density at radius 1 is 0.909 bits per heavy atom. The molecule has 0 spiro atoms. The summed E-state index contributed by atoms with van der Waals surface area (Å²) in [5.41, 5.74) is 0. The number of hydrogen-bond acceptors (Lipinski definition) is 3. The number of hydrogen-bond donors (Lipinski definition) is 0. The Kier molecular flexibility index (Phi) is 3.83. The van der Waals surface area contributed by atoms with Crippen molar-refractivity contribution in [2.45, 2.75) is 26.1 Å². The lowest BCUT2D eigenvalue weighted by atomic mass is 10.6. The van der Waals surface area contributed by atoms with Crippen molar-refractivity contribution >= 4 is 0 Å². The number of rotatable bonds is 0. The van der Waals surface area contributed by atoms with Gasteiger partial charge in [0, 0.05) is 0 Å². The van der Waals surface area contributed by atoms with Crippen LogP contribution in [0.1, 0.15) is 13.8 Å². The smallest absolute Gasteiger partial charge is 0.0781 e. The van der Waals surface area contributed by atoms with Gasteiger partial charge in [0.25, 0.3) is 0 Å². The SMILES string of the molecule is C1CO1.CC1CO1.CC1CO1. The minimum absolute atomic E-state index is 0.583. The molecule has 2 atom stereocenters. The van der Waals surface area contributed by atoms with Crippen molar-refractivity contribution in [3.63, 3.8) is 0 Å². The Morgan fingerprint density at radius 3 is 1.09 bits per heavy atom. The van der Waals surface area contributed by atoms with Crippen LogP contribution in [0.4, 0.5) is 0 Å². The third-order valence-corrected chi connectivity index (χ3v) is 1.20. The summed E-state index contributed by atoms with van der Waals surface area (Å²) in [4.78, 5) is 0. The van der Waals surface area contributed by atoms with E-state index in [-0.39, 0.29) is 0 Å². The molecule has 66 valence electrons. The van der Waals surface area contributed by atoms with Crippen molar-refractivity contribution < 1.29 is 14.2 Å². The third-order valence-electron chi connectivity index (χ3n) is 1.20. The molecule has 3 heteroatoms. The molecule has 0 aromatic carbocycles. The molecule has 0 N–H and O–H groups in total. The second-order valence-electron chi connectivity index (χ2n) is 2.90. The van der Waals surface area contributed by atoms with Crippen LogP contribution in [0.25, 0.3) is 0 Å². The van der Waals surface area contributed by atoms with E-state index >= 15 is 0 Å². The fourth-order valence-electron chi connectivity index (χ4n) is 0.192. The van der Waals surface area contributed by atoms with Crippen LogP contribution in [0.15, 0.2) is 0 Å². The molecule has 0 bridgehead atoms. The van der Waals surface area contributed by atoms with E-state index in [1.54, 1.807) is 0 Å². The molecule has 3 nitrogen and oxygen atoms in total. The molecular weight excluding hydrogens is 144 g/mol. The quantitative estimate of drug-likeness (QED) is 0.492. The summed E-state index contributed by atoms with van der Waals surface area (Å²) < 4.78 is 13.9. The van der Waals surface area contributed by atoms with Gasteiger partial charge in [0.05, 0.1) is 38.6 Å². The van der Waals surface area contributed by atoms with Crippen molar-refractivity contribution in [3.05, 3.63) is 0 Å². The summed E-state index contributed by atoms with van der Waals surface area (Å²) >= 11 is 0. The van der Waals surface area contributed by atoms with Crippen molar-refractivity contribution in [2.24, 2.45) is 0 Å². The predicted molar refractivity (Wildman–Crippen MR) is 41.6 cm³/mol. The summed E-state index contributed by atoms with van der Waals surface area (Å²) in [5.74, 6) is 0. The molecule has 0 aromatic rings. The lowest BCUT2D eigenvalue weighted by Crippen LogP contribution is -1.60. The standard InChI is InChI=1S/2C3H6O.C2H4O/c2*1-3-2-4-3;1-2-3-1/h2*3H,2H2,1H3;1-2H2. The van der Waals surface area contributed by atoms with E-state index in [0.717, 1.165) is 26.4 Å². The van der Waals surface area contributed by atoms with Crippen LogP contribution in [-0.2, 0) is 14.2 Å². The fraction of sp³-hybridized carbons (Fsp3) is 1.00. The summed E-state index contributed by atoms with van der Waals surface area (Å²) in [5, 5.41) is 0. The first kappa shape index (κ1) is 8.97. The molecule has 3 rings (SSSR count). The highest BCUT2D eigenvalue weighted by Gasteiger charge is 2.13. The fourth-order valence-corrected chi connectivity index (χ4v) is 0.192. The summed E-state index contributed by atoms with van der Waals surface area (Å²) in [6, 6.07) is 0. The van der Waals surface area contributed by atoms with E-state index in [1.807, 2.05) is 0 Å². The zero-order valence-electron chi connectivity index (χ0n) is 7.21. The van der Waals surface area contributed by atoms with Crippen LogP contribution in [0.5, 0.6) is 0 Å². The highest BCUT2D eigenvalue weighted by atomic mass is 16.6. The normalized spacial score (nSPS) is 35.5. The zero-order chi connectivity index (χ0) is 8.10. The lowest BCUT2D eigenvalue weighted by Gasteiger charge is -1.51. The van der Waals surface area contributed by atoms with Crippen molar-refractivity contribution in [1.82, 2.24) is 0 Å². The van der Waals surface area contributed by atoms with Crippen molar-refractivity contribution in [1.29, 1.82) is 0 Å². The Labute approximate surface area is 67.6 Å². The third kappa shape index (κ3) is 13.0. The Bertz CT molecular complexity index is 82.8. The number of ether oxygens (including phenoxy) is 3. The van der Waals surface area contributed by atoms with Crippen molar-refractivity contribution in [2.75, 3.05) is 26.4 Å². The van der Waals surface area contributed by atoms with Gasteiger partial charge in [-0.2, -0.15) is 0 Å². The molecule has 3 saturated heterocycles. The molecule has 11 heavy (non-hydrogen) atoms. The molecule has 0 aliphatic carbocycles. The second kappa shape index (κ2) is 4.70. The van der Waals surface area contributed by atoms with Gasteiger partial charge in [0.2, 0.25) is 0 Å². The van der Waals surface area contributed by atoms with Gasteiger partial charge in [-0.3, -0.25) is 0 Å². The minimum atomic E-state index is 0.583. The van der Waals surface area contributed by atoms with Gasteiger partial charge in [0.15, 0.2) is 0 Å². The van der Waals surface area contributed by atoms with Crippen LogP contribution >= 0.6 is 0 Å². The molecule has 3 fully saturated rings. The molecule has 0 radical (unpaired) electrons. The minimum Gasteiger partial charge on any atom is -0.377 e.